The van der Waals surface area contributed by atoms with Crippen molar-refractivity contribution < 1.29 is 13.6 Å². The molecule has 0 aliphatic rings. The van der Waals surface area contributed by atoms with E-state index < -0.39 is 6.43 Å². The highest BCUT2D eigenvalue weighted by Crippen LogP contribution is 2.28. The summed E-state index contributed by atoms with van der Waals surface area (Å²) >= 11 is 1.84. The molecule has 1 aromatic rings. The van der Waals surface area contributed by atoms with Gasteiger partial charge in [-0.15, -0.1) is 0 Å². The number of Topliss-reactive ketones (excluding diaryl/α,β-unsaturated/α-hetero) is 1. The van der Waals surface area contributed by atoms with Crippen LogP contribution in [0.4, 0.5) is 8.78 Å². The van der Waals surface area contributed by atoms with E-state index in [4.69, 9.17) is 0 Å². The Balaban J connectivity index is 3.35. The minimum atomic E-state index is -2.48. The molecule has 0 aliphatic heterocycles. The average Bonchev–Trinajstić information content (AvgIpc) is 2.16. The molecule has 0 atom stereocenters. The smallest absolute Gasteiger partial charge is 0.264 e. The van der Waals surface area contributed by atoms with Crippen LogP contribution in [0.15, 0.2) is 12.1 Å². The Bertz CT molecular complexity index is 388. The predicted molar refractivity (Wildman–Crippen MR) is 63.5 cm³/mol. The number of carbonyl (C=O) groups excluding carboxylic acids is 1. The third-order valence-corrected chi connectivity index (χ3v) is 3.15. The van der Waals surface area contributed by atoms with Crippen LogP contribution < -0.4 is 0 Å². The van der Waals surface area contributed by atoms with Crippen molar-refractivity contribution in [1.82, 2.24) is 0 Å². The summed E-state index contributed by atoms with van der Waals surface area (Å²) < 4.78 is 25.6. The first-order chi connectivity index (χ1) is 6.97. The molecular weight excluding hydrogens is 313 g/mol. The molecule has 15 heavy (non-hydrogen) atoms. The van der Waals surface area contributed by atoms with Crippen molar-refractivity contribution >= 4 is 28.4 Å². The first-order valence-corrected chi connectivity index (χ1v) is 5.66. The van der Waals surface area contributed by atoms with E-state index in [1.54, 1.807) is 6.07 Å². The standard InChI is InChI=1S/C11H11F2IO/c1-3-7-4-9(11(12)13)10(14)5-8(7)6(2)15/h4-5,11H,3H2,1-2H3. The van der Waals surface area contributed by atoms with Gasteiger partial charge in [0.15, 0.2) is 5.78 Å². The van der Waals surface area contributed by atoms with Crippen molar-refractivity contribution in [3.8, 4) is 0 Å². The van der Waals surface area contributed by atoms with E-state index in [-0.39, 0.29) is 11.3 Å². The van der Waals surface area contributed by atoms with Crippen LogP contribution in [-0.4, -0.2) is 5.78 Å². The first-order valence-electron chi connectivity index (χ1n) is 4.58. The molecule has 1 rings (SSSR count). The van der Waals surface area contributed by atoms with Gasteiger partial charge in [0, 0.05) is 14.7 Å². The number of carbonyl (C=O) groups is 1. The van der Waals surface area contributed by atoms with E-state index in [1.807, 2.05) is 29.5 Å². The molecule has 0 saturated heterocycles. The topological polar surface area (TPSA) is 17.1 Å². The van der Waals surface area contributed by atoms with E-state index in [0.29, 0.717) is 21.1 Å². The van der Waals surface area contributed by atoms with Gasteiger partial charge < -0.3 is 0 Å². The highest BCUT2D eigenvalue weighted by molar-refractivity contribution is 14.1. The molecule has 0 bridgehead atoms. The van der Waals surface area contributed by atoms with Gasteiger partial charge in [0.2, 0.25) is 0 Å². The largest absolute Gasteiger partial charge is 0.295 e. The number of ketones is 1. The molecule has 0 fully saturated rings. The maximum Gasteiger partial charge on any atom is 0.264 e. The second kappa shape index (κ2) is 5.01. The summed E-state index contributed by atoms with van der Waals surface area (Å²) in [6, 6.07) is 2.98. The van der Waals surface area contributed by atoms with Crippen molar-refractivity contribution in [3.05, 3.63) is 32.4 Å². The third kappa shape index (κ3) is 2.74. The summed E-state index contributed by atoms with van der Waals surface area (Å²) in [5.74, 6) is -0.0782. The highest BCUT2D eigenvalue weighted by atomic mass is 127. The zero-order chi connectivity index (χ0) is 11.6. The number of alkyl halides is 2. The van der Waals surface area contributed by atoms with Crippen LogP contribution in [0.5, 0.6) is 0 Å². The summed E-state index contributed by atoms with van der Waals surface area (Å²) in [4.78, 5) is 11.3. The molecule has 1 nitrogen and oxygen atoms in total. The fraction of sp³-hybridized carbons (Fsp3) is 0.364. The lowest BCUT2D eigenvalue weighted by Gasteiger charge is -2.10. The molecule has 0 spiro atoms. The van der Waals surface area contributed by atoms with Gasteiger partial charge >= 0.3 is 0 Å². The molecule has 0 heterocycles. The summed E-state index contributed by atoms with van der Waals surface area (Å²) in [6.07, 6.45) is -1.89. The van der Waals surface area contributed by atoms with Gasteiger partial charge in [-0.2, -0.15) is 0 Å². The summed E-state index contributed by atoms with van der Waals surface area (Å²) in [7, 11) is 0. The van der Waals surface area contributed by atoms with Gasteiger partial charge in [0.1, 0.15) is 0 Å². The zero-order valence-corrected chi connectivity index (χ0v) is 10.6. The van der Waals surface area contributed by atoms with Crippen molar-refractivity contribution in [1.29, 1.82) is 0 Å². The molecule has 0 unspecified atom stereocenters. The average molecular weight is 324 g/mol. The van der Waals surface area contributed by atoms with Gasteiger partial charge in [-0.1, -0.05) is 6.92 Å². The highest BCUT2D eigenvalue weighted by Gasteiger charge is 2.16. The van der Waals surface area contributed by atoms with Crippen molar-refractivity contribution in [3.63, 3.8) is 0 Å². The van der Waals surface area contributed by atoms with Crippen molar-refractivity contribution in [2.24, 2.45) is 0 Å². The van der Waals surface area contributed by atoms with E-state index in [0.717, 1.165) is 0 Å². The lowest BCUT2D eigenvalue weighted by atomic mass is 9.99. The maximum absolute atomic E-state index is 12.6. The maximum atomic E-state index is 12.6. The molecular formula is C11H11F2IO. The van der Waals surface area contributed by atoms with Gasteiger partial charge in [-0.25, -0.2) is 8.78 Å². The van der Waals surface area contributed by atoms with Crippen molar-refractivity contribution in [2.75, 3.05) is 0 Å². The van der Waals surface area contributed by atoms with Crippen LogP contribution >= 0.6 is 22.6 Å². The Morgan fingerprint density at radius 1 is 1.47 bits per heavy atom. The predicted octanol–water partition coefficient (Wildman–Crippen LogP) is 3.99. The zero-order valence-electron chi connectivity index (χ0n) is 8.48. The molecule has 0 saturated carbocycles. The second-order valence-corrected chi connectivity index (χ2v) is 4.40. The lowest BCUT2D eigenvalue weighted by Crippen LogP contribution is -2.02. The van der Waals surface area contributed by atoms with E-state index in [9.17, 15) is 13.6 Å². The van der Waals surface area contributed by atoms with Crippen LogP contribution in [0, 0.1) is 3.57 Å². The number of rotatable bonds is 3. The molecule has 0 aromatic heterocycles. The van der Waals surface area contributed by atoms with Crippen LogP contribution in [-0.2, 0) is 6.42 Å². The molecule has 0 radical (unpaired) electrons. The minimum absolute atomic E-state index is 0.0115. The Hall–Kier alpha value is -0.520. The number of hydrogen-bond acceptors (Lipinski definition) is 1. The number of benzene rings is 1. The van der Waals surface area contributed by atoms with Crippen LogP contribution in [0.2, 0.25) is 0 Å². The summed E-state index contributed by atoms with van der Waals surface area (Å²) in [5, 5.41) is 0. The Kier molecular flexibility index (Phi) is 4.19. The minimum Gasteiger partial charge on any atom is -0.295 e. The Morgan fingerprint density at radius 3 is 2.47 bits per heavy atom. The summed E-state index contributed by atoms with van der Waals surface area (Å²) in [6.45, 7) is 3.30. The molecule has 0 N–H and O–H groups in total. The van der Waals surface area contributed by atoms with E-state index in [2.05, 4.69) is 0 Å². The normalized spacial score (nSPS) is 10.8. The monoisotopic (exact) mass is 324 g/mol. The molecule has 4 heteroatoms. The lowest BCUT2D eigenvalue weighted by molar-refractivity contribution is 0.101. The SMILES string of the molecule is CCc1cc(C(F)F)c(I)cc1C(C)=O. The van der Waals surface area contributed by atoms with Gasteiger partial charge in [-0.3, -0.25) is 4.79 Å². The first kappa shape index (κ1) is 12.5. The quantitative estimate of drug-likeness (QED) is 0.607. The number of halogens is 3. The number of aryl methyl sites for hydroxylation is 1. The Labute approximate surface area is 101 Å². The Morgan fingerprint density at radius 2 is 2.07 bits per heavy atom. The third-order valence-electron chi connectivity index (χ3n) is 2.22. The molecule has 0 aliphatic carbocycles. The molecule has 0 amide bonds. The fourth-order valence-electron chi connectivity index (χ4n) is 1.42. The second-order valence-electron chi connectivity index (χ2n) is 3.24. The van der Waals surface area contributed by atoms with Gasteiger partial charge in [0.05, 0.1) is 0 Å². The molecule has 1 aromatic carbocycles. The van der Waals surface area contributed by atoms with Crippen LogP contribution in [0.3, 0.4) is 0 Å². The van der Waals surface area contributed by atoms with Gasteiger partial charge in [-0.05, 0) is 53.6 Å². The number of hydrogen-bond donors (Lipinski definition) is 0. The van der Waals surface area contributed by atoms with E-state index in [1.165, 1.54) is 13.0 Å². The van der Waals surface area contributed by atoms with E-state index >= 15 is 0 Å². The van der Waals surface area contributed by atoms with Crippen LogP contribution in [0.1, 0.15) is 41.8 Å². The fourth-order valence-corrected chi connectivity index (χ4v) is 2.13. The summed E-state index contributed by atoms with van der Waals surface area (Å²) in [5.41, 5.74) is 1.25. The van der Waals surface area contributed by atoms with Crippen molar-refractivity contribution in [2.45, 2.75) is 26.7 Å². The van der Waals surface area contributed by atoms with Gasteiger partial charge in [0.25, 0.3) is 6.43 Å². The molecule has 82 valence electrons. The van der Waals surface area contributed by atoms with Crippen LogP contribution in [0.25, 0.3) is 0 Å².